The Labute approximate surface area is 172 Å². The minimum atomic E-state index is 0.0689. The van der Waals surface area contributed by atoms with Crippen LogP contribution in [-0.4, -0.2) is 23.1 Å². The number of amidine groups is 1. The summed E-state index contributed by atoms with van der Waals surface area (Å²) < 4.78 is 0. The Hall–Kier alpha value is -2.45. The zero-order valence-electron chi connectivity index (χ0n) is 17.1. The summed E-state index contributed by atoms with van der Waals surface area (Å²) in [5, 5.41) is 8.28. The van der Waals surface area contributed by atoms with Gasteiger partial charge in [-0.25, -0.2) is 4.98 Å². The molecule has 0 amide bonds. The quantitative estimate of drug-likeness (QED) is 0.252. The maximum Gasteiger partial charge on any atom is 0.124 e. The average Bonchev–Trinajstić information content (AvgIpc) is 3.07. The molecule has 2 rings (SSSR count). The summed E-state index contributed by atoms with van der Waals surface area (Å²) in [6.07, 6.45) is 7.37. The Kier molecular flexibility index (Phi) is 8.90. The predicted octanol–water partition coefficient (Wildman–Crippen LogP) is 5.58. The summed E-state index contributed by atoms with van der Waals surface area (Å²) in [5.74, 6) is 6.61. The molecule has 3 N–H and O–H groups in total. The van der Waals surface area contributed by atoms with E-state index in [4.69, 9.17) is 11.1 Å². The highest BCUT2D eigenvalue weighted by molar-refractivity contribution is 7.17. The van der Waals surface area contributed by atoms with Gasteiger partial charge in [0.2, 0.25) is 0 Å². The molecule has 1 heterocycles. The molecule has 1 aromatic heterocycles. The van der Waals surface area contributed by atoms with E-state index in [0.29, 0.717) is 0 Å². The first kappa shape index (κ1) is 21.8. The molecule has 0 saturated heterocycles. The van der Waals surface area contributed by atoms with E-state index < -0.39 is 0 Å². The van der Waals surface area contributed by atoms with Crippen LogP contribution in [0.5, 0.6) is 0 Å². The van der Waals surface area contributed by atoms with Gasteiger partial charge >= 0.3 is 0 Å². The first-order valence-corrected chi connectivity index (χ1v) is 10.7. The van der Waals surface area contributed by atoms with Crippen molar-refractivity contribution < 1.29 is 0 Å². The number of nitrogens with two attached hydrogens (primary N) is 1. The van der Waals surface area contributed by atoms with E-state index in [-0.39, 0.29) is 12.4 Å². The van der Waals surface area contributed by atoms with Crippen LogP contribution in [0, 0.1) is 24.2 Å². The molecule has 0 radical (unpaired) electrons. The number of rotatable bonds is 9. The second kappa shape index (κ2) is 11.4. The summed E-state index contributed by atoms with van der Waals surface area (Å²) >= 11 is 1.62. The van der Waals surface area contributed by atoms with Gasteiger partial charge < -0.3 is 5.73 Å². The SMILES string of the molecule is CCCCCCCC#Cc1ccc(-c2nc(C)c(C(C)=NCC(=N)N)s2)cc1. The zero-order chi connectivity index (χ0) is 20.4. The molecule has 1 aromatic carbocycles. The van der Waals surface area contributed by atoms with Crippen molar-refractivity contribution >= 4 is 22.9 Å². The van der Waals surface area contributed by atoms with Crippen molar-refractivity contribution in [1.29, 1.82) is 5.41 Å². The van der Waals surface area contributed by atoms with Crippen LogP contribution in [0.2, 0.25) is 0 Å². The number of aryl methyl sites for hydroxylation is 1. The molecule has 0 fully saturated rings. The van der Waals surface area contributed by atoms with Crippen molar-refractivity contribution in [2.45, 2.75) is 59.3 Å². The number of hydrogen-bond acceptors (Lipinski definition) is 4. The largest absolute Gasteiger partial charge is 0.386 e. The summed E-state index contributed by atoms with van der Waals surface area (Å²) in [7, 11) is 0. The lowest BCUT2D eigenvalue weighted by atomic mass is 10.1. The number of hydrogen-bond donors (Lipinski definition) is 2. The van der Waals surface area contributed by atoms with Crippen molar-refractivity contribution in [2.75, 3.05) is 6.54 Å². The van der Waals surface area contributed by atoms with E-state index in [0.717, 1.165) is 38.8 Å². The lowest BCUT2D eigenvalue weighted by Crippen LogP contribution is -2.14. The van der Waals surface area contributed by atoms with E-state index >= 15 is 0 Å². The monoisotopic (exact) mass is 394 g/mol. The van der Waals surface area contributed by atoms with Gasteiger partial charge in [0.25, 0.3) is 0 Å². The minimum Gasteiger partial charge on any atom is -0.386 e. The Morgan fingerprint density at radius 2 is 1.89 bits per heavy atom. The van der Waals surface area contributed by atoms with Gasteiger partial charge in [-0.1, -0.05) is 56.6 Å². The molecular formula is C23H30N4S. The smallest absolute Gasteiger partial charge is 0.124 e. The highest BCUT2D eigenvalue weighted by Crippen LogP contribution is 2.28. The highest BCUT2D eigenvalue weighted by Gasteiger charge is 2.11. The topological polar surface area (TPSA) is 75.1 Å². The van der Waals surface area contributed by atoms with Crippen molar-refractivity contribution in [3.8, 4) is 22.4 Å². The third-order valence-electron chi connectivity index (χ3n) is 4.38. The van der Waals surface area contributed by atoms with Gasteiger partial charge in [0.1, 0.15) is 10.8 Å². The van der Waals surface area contributed by atoms with Crippen LogP contribution in [0.3, 0.4) is 0 Å². The number of thiazole rings is 1. The average molecular weight is 395 g/mol. The second-order valence-electron chi connectivity index (χ2n) is 6.90. The number of benzene rings is 1. The third kappa shape index (κ3) is 6.94. The number of unbranched alkanes of at least 4 members (excludes halogenated alkanes) is 5. The molecule has 2 aromatic rings. The van der Waals surface area contributed by atoms with Gasteiger partial charge in [-0.05, 0) is 32.4 Å². The summed E-state index contributed by atoms with van der Waals surface area (Å²) in [5.41, 5.74) is 9.35. The maximum atomic E-state index is 7.31. The van der Waals surface area contributed by atoms with Crippen LogP contribution in [-0.2, 0) is 0 Å². The summed E-state index contributed by atoms with van der Waals surface area (Å²) in [6.45, 7) is 6.39. The van der Waals surface area contributed by atoms with Crippen LogP contribution in [0.15, 0.2) is 29.3 Å². The molecule has 4 nitrogen and oxygen atoms in total. The second-order valence-corrected chi connectivity index (χ2v) is 7.90. The molecule has 28 heavy (non-hydrogen) atoms. The number of aliphatic imine (C=N–C) groups is 1. The molecule has 0 spiro atoms. The molecule has 0 atom stereocenters. The first-order valence-electron chi connectivity index (χ1n) is 9.92. The van der Waals surface area contributed by atoms with Gasteiger partial charge in [0, 0.05) is 17.5 Å². The first-order chi connectivity index (χ1) is 13.5. The predicted molar refractivity (Wildman–Crippen MR) is 122 cm³/mol. The van der Waals surface area contributed by atoms with Crippen LogP contribution in [0.25, 0.3) is 10.6 Å². The summed E-state index contributed by atoms with van der Waals surface area (Å²) in [4.78, 5) is 10.1. The van der Waals surface area contributed by atoms with Crippen molar-refractivity contribution in [2.24, 2.45) is 10.7 Å². The molecule has 0 saturated carbocycles. The standard InChI is InChI=1S/C23H30N4S/c1-4-5-6-7-8-9-10-11-19-12-14-20(15-13-19)23-27-18(3)22(28-23)17(2)26-16-21(24)25/h12-15H,4-9,16H2,1-3H3,(H3,24,25). The normalized spacial score (nSPS) is 11.2. The Morgan fingerprint density at radius 1 is 1.18 bits per heavy atom. The van der Waals surface area contributed by atoms with Crippen molar-refractivity contribution in [3.63, 3.8) is 0 Å². The Balaban J connectivity index is 1.99. The molecule has 148 valence electrons. The van der Waals surface area contributed by atoms with Crippen LogP contribution >= 0.6 is 11.3 Å². The fourth-order valence-corrected chi connectivity index (χ4v) is 3.84. The molecule has 0 aliphatic rings. The fourth-order valence-electron chi connectivity index (χ4n) is 2.81. The summed E-state index contributed by atoms with van der Waals surface area (Å²) in [6, 6.07) is 8.28. The van der Waals surface area contributed by atoms with Crippen molar-refractivity contribution in [1.82, 2.24) is 4.98 Å². The zero-order valence-corrected chi connectivity index (χ0v) is 18.0. The third-order valence-corrected chi connectivity index (χ3v) is 5.70. The van der Waals surface area contributed by atoms with Gasteiger partial charge in [-0.3, -0.25) is 10.4 Å². The molecule has 0 aliphatic heterocycles. The number of nitrogens with one attached hydrogen (secondary N) is 1. The van der Waals surface area contributed by atoms with E-state index in [1.54, 1.807) is 11.3 Å². The number of nitrogens with zero attached hydrogens (tertiary/aromatic N) is 2. The van der Waals surface area contributed by atoms with Gasteiger partial charge in [0.05, 0.1) is 22.8 Å². The molecule has 5 heteroatoms. The molecular weight excluding hydrogens is 364 g/mol. The van der Waals surface area contributed by atoms with Crippen LogP contribution < -0.4 is 5.73 Å². The molecule has 0 bridgehead atoms. The van der Waals surface area contributed by atoms with Gasteiger partial charge in [-0.2, -0.15) is 0 Å². The van der Waals surface area contributed by atoms with E-state index in [2.05, 4.69) is 53.0 Å². The van der Waals surface area contributed by atoms with Gasteiger partial charge in [0.15, 0.2) is 0 Å². The van der Waals surface area contributed by atoms with Gasteiger partial charge in [-0.15, -0.1) is 11.3 Å². The lowest BCUT2D eigenvalue weighted by Gasteiger charge is -1.98. The lowest BCUT2D eigenvalue weighted by molar-refractivity contribution is 0.641. The molecule has 0 aliphatic carbocycles. The number of aromatic nitrogens is 1. The fraction of sp³-hybridized carbons (Fsp3) is 0.435. The van der Waals surface area contributed by atoms with Crippen LogP contribution in [0.4, 0.5) is 0 Å². The Bertz CT molecular complexity index is 866. The maximum absolute atomic E-state index is 7.31. The van der Waals surface area contributed by atoms with E-state index in [1.165, 1.54) is 32.1 Å². The van der Waals surface area contributed by atoms with E-state index in [9.17, 15) is 0 Å². The van der Waals surface area contributed by atoms with E-state index in [1.807, 2.05) is 13.8 Å². The highest BCUT2D eigenvalue weighted by atomic mass is 32.1. The minimum absolute atomic E-state index is 0.0689. The van der Waals surface area contributed by atoms with Crippen molar-refractivity contribution in [3.05, 3.63) is 40.4 Å². The Morgan fingerprint density at radius 3 is 2.57 bits per heavy atom. The molecule has 0 unspecified atom stereocenters. The van der Waals surface area contributed by atoms with Crippen LogP contribution in [0.1, 0.15) is 68.5 Å².